The molecular formula is C10H11N3O3. The summed E-state index contributed by atoms with van der Waals surface area (Å²) in [6.07, 6.45) is 0.312. The van der Waals surface area contributed by atoms with Gasteiger partial charge in [0.1, 0.15) is 0 Å². The molecule has 0 saturated heterocycles. The Balaban J connectivity index is 2.39. The Bertz CT molecular complexity index is 496. The van der Waals surface area contributed by atoms with E-state index in [-0.39, 0.29) is 23.9 Å². The second kappa shape index (κ2) is 4.19. The van der Waals surface area contributed by atoms with Crippen molar-refractivity contribution >= 4 is 5.69 Å². The van der Waals surface area contributed by atoms with Gasteiger partial charge in [0.05, 0.1) is 17.9 Å². The number of phenolic OH excluding ortho intramolecular Hbond substituents is 1. The number of hydrogen-bond acceptors (Lipinski definition) is 6. The van der Waals surface area contributed by atoms with Gasteiger partial charge in [0, 0.05) is 6.42 Å². The Morgan fingerprint density at radius 1 is 1.38 bits per heavy atom. The third kappa shape index (κ3) is 1.82. The Hall–Kier alpha value is -2.08. The number of aliphatic hydroxyl groups is 1. The van der Waals surface area contributed by atoms with E-state index in [1.165, 1.54) is 0 Å². The topological polar surface area (TPSA) is 105 Å². The minimum absolute atomic E-state index is 0.0537. The van der Waals surface area contributed by atoms with Gasteiger partial charge in [0.15, 0.2) is 11.6 Å². The number of benzene rings is 1. The smallest absolute Gasteiger partial charge is 0.261 e. The highest BCUT2D eigenvalue weighted by molar-refractivity contribution is 5.71. The van der Waals surface area contributed by atoms with Crippen LogP contribution < -0.4 is 5.73 Å². The van der Waals surface area contributed by atoms with Gasteiger partial charge >= 0.3 is 0 Å². The van der Waals surface area contributed by atoms with Crippen LogP contribution in [0.5, 0.6) is 5.75 Å². The highest BCUT2D eigenvalue weighted by Gasteiger charge is 2.13. The van der Waals surface area contributed by atoms with E-state index < -0.39 is 0 Å². The van der Waals surface area contributed by atoms with E-state index in [9.17, 15) is 5.11 Å². The first-order valence-corrected chi connectivity index (χ1v) is 4.73. The third-order valence-corrected chi connectivity index (χ3v) is 2.10. The summed E-state index contributed by atoms with van der Waals surface area (Å²) in [6, 6.07) is 4.88. The molecule has 2 aromatic rings. The number of nitrogens with two attached hydrogens (primary N) is 1. The van der Waals surface area contributed by atoms with Crippen molar-refractivity contribution in [2.75, 3.05) is 12.3 Å². The lowest BCUT2D eigenvalue weighted by Gasteiger charge is -2.01. The third-order valence-electron chi connectivity index (χ3n) is 2.10. The number of nitrogen functional groups attached to an aromatic ring is 1. The predicted octanol–water partition coefficient (Wildman–Crippen LogP) is 0.559. The van der Waals surface area contributed by atoms with Crippen LogP contribution in [0.15, 0.2) is 22.7 Å². The van der Waals surface area contributed by atoms with E-state index in [1.54, 1.807) is 18.2 Å². The van der Waals surface area contributed by atoms with Gasteiger partial charge in [-0.15, -0.1) is 0 Å². The molecule has 4 N–H and O–H groups in total. The van der Waals surface area contributed by atoms with Crippen LogP contribution in [0.3, 0.4) is 0 Å². The lowest BCUT2D eigenvalue weighted by molar-refractivity contribution is 0.293. The number of anilines is 1. The standard InChI is InChI=1S/C10H11N3O3/c11-7-3-1-2-6(9(7)15)10-12-8(4-5-14)13-16-10/h1-3,14-15H,4-5,11H2. The lowest BCUT2D eigenvalue weighted by atomic mass is 10.2. The Kier molecular flexibility index (Phi) is 2.74. The molecule has 0 amide bonds. The van der Waals surface area contributed by atoms with Crippen molar-refractivity contribution in [2.45, 2.75) is 6.42 Å². The average Bonchev–Trinajstić information content (AvgIpc) is 2.71. The number of hydrogen-bond donors (Lipinski definition) is 3. The van der Waals surface area contributed by atoms with Gasteiger partial charge in [-0.1, -0.05) is 11.2 Å². The molecule has 1 heterocycles. The predicted molar refractivity (Wildman–Crippen MR) is 56.6 cm³/mol. The van der Waals surface area contributed by atoms with Crippen molar-refractivity contribution in [2.24, 2.45) is 0 Å². The van der Waals surface area contributed by atoms with Crippen molar-refractivity contribution in [1.82, 2.24) is 10.1 Å². The molecule has 84 valence electrons. The minimum Gasteiger partial charge on any atom is -0.505 e. The van der Waals surface area contributed by atoms with E-state index in [1.807, 2.05) is 0 Å². The monoisotopic (exact) mass is 221 g/mol. The first-order valence-electron chi connectivity index (χ1n) is 4.73. The zero-order valence-corrected chi connectivity index (χ0v) is 8.42. The average molecular weight is 221 g/mol. The van der Waals surface area contributed by atoms with Crippen LogP contribution in [0, 0.1) is 0 Å². The number of phenols is 1. The maximum atomic E-state index is 9.69. The van der Waals surface area contributed by atoms with Gasteiger partial charge in [-0.25, -0.2) is 0 Å². The van der Waals surface area contributed by atoms with Gasteiger partial charge in [-0.05, 0) is 12.1 Å². The van der Waals surface area contributed by atoms with Gasteiger partial charge in [-0.3, -0.25) is 0 Å². The maximum absolute atomic E-state index is 9.69. The van der Waals surface area contributed by atoms with Crippen molar-refractivity contribution in [3.05, 3.63) is 24.0 Å². The molecule has 0 aliphatic carbocycles. The fourth-order valence-electron chi connectivity index (χ4n) is 1.30. The first-order chi connectivity index (χ1) is 7.72. The molecule has 0 spiro atoms. The van der Waals surface area contributed by atoms with Crippen molar-refractivity contribution in [3.8, 4) is 17.2 Å². The summed E-state index contributed by atoms with van der Waals surface area (Å²) < 4.78 is 4.95. The second-order valence-corrected chi connectivity index (χ2v) is 3.23. The molecule has 0 radical (unpaired) electrons. The molecule has 0 aliphatic rings. The molecule has 6 heteroatoms. The number of aliphatic hydroxyl groups excluding tert-OH is 1. The summed E-state index contributed by atoms with van der Waals surface area (Å²) in [5.41, 5.74) is 6.18. The van der Waals surface area contributed by atoms with Gasteiger partial charge in [0.25, 0.3) is 5.89 Å². The van der Waals surface area contributed by atoms with E-state index in [0.29, 0.717) is 17.8 Å². The van der Waals surface area contributed by atoms with Gasteiger partial charge in [-0.2, -0.15) is 4.98 Å². The molecule has 0 unspecified atom stereocenters. The molecular weight excluding hydrogens is 210 g/mol. The Morgan fingerprint density at radius 2 is 2.19 bits per heavy atom. The molecule has 2 rings (SSSR count). The fourth-order valence-corrected chi connectivity index (χ4v) is 1.30. The molecule has 0 atom stereocenters. The lowest BCUT2D eigenvalue weighted by Crippen LogP contribution is -1.92. The molecule has 16 heavy (non-hydrogen) atoms. The van der Waals surface area contributed by atoms with E-state index >= 15 is 0 Å². The molecule has 1 aromatic carbocycles. The van der Waals surface area contributed by atoms with Gasteiger partial charge in [0.2, 0.25) is 0 Å². The summed E-state index contributed by atoms with van der Waals surface area (Å²) in [5, 5.41) is 22.1. The van der Waals surface area contributed by atoms with Gasteiger partial charge < -0.3 is 20.5 Å². The van der Waals surface area contributed by atoms with Crippen LogP contribution in [0.25, 0.3) is 11.5 Å². The van der Waals surface area contributed by atoms with Crippen LogP contribution in [0.4, 0.5) is 5.69 Å². The maximum Gasteiger partial charge on any atom is 0.261 e. The zero-order chi connectivity index (χ0) is 11.5. The number of nitrogens with zero attached hydrogens (tertiary/aromatic N) is 2. The summed E-state index contributed by atoms with van der Waals surface area (Å²) in [5.74, 6) is 0.495. The van der Waals surface area contributed by atoms with Crippen LogP contribution in [0.2, 0.25) is 0 Å². The summed E-state index contributed by atoms with van der Waals surface area (Å²) in [6.45, 7) is -0.0537. The van der Waals surface area contributed by atoms with Crippen LogP contribution in [-0.2, 0) is 6.42 Å². The summed E-state index contributed by atoms with van der Waals surface area (Å²) in [7, 11) is 0. The van der Waals surface area contributed by atoms with E-state index in [0.717, 1.165) is 0 Å². The highest BCUT2D eigenvalue weighted by atomic mass is 16.5. The van der Waals surface area contributed by atoms with Crippen molar-refractivity contribution in [1.29, 1.82) is 0 Å². The normalized spacial score (nSPS) is 10.6. The van der Waals surface area contributed by atoms with Crippen LogP contribution >= 0.6 is 0 Å². The second-order valence-electron chi connectivity index (χ2n) is 3.23. The van der Waals surface area contributed by atoms with Crippen molar-refractivity contribution < 1.29 is 14.7 Å². The molecule has 1 aromatic heterocycles. The summed E-state index contributed by atoms with van der Waals surface area (Å²) in [4.78, 5) is 4.02. The zero-order valence-electron chi connectivity index (χ0n) is 8.42. The van der Waals surface area contributed by atoms with E-state index in [2.05, 4.69) is 10.1 Å². The quantitative estimate of drug-likeness (QED) is 0.516. The van der Waals surface area contributed by atoms with E-state index in [4.69, 9.17) is 15.4 Å². The minimum atomic E-state index is -0.0818. The molecule has 6 nitrogen and oxygen atoms in total. The molecule has 0 aliphatic heterocycles. The Morgan fingerprint density at radius 3 is 2.94 bits per heavy atom. The SMILES string of the molecule is Nc1cccc(-c2nc(CCO)no2)c1O. The number of para-hydroxylation sites is 1. The largest absolute Gasteiger partial charge is 0.505 e. The van der Waals surface area contributed by atoms with Crippen LogP contribution in [-0.4, -0.2) is 27.0 Å². The first kappa shape index (κ1) is 10.4. The Labute approximate surface area is 91.3 Å². The summed E-state index contributed by atoms with van der Waals surface area (Å²) >= 11 is 0. The van der Waals surface area contributed by atoms with Crippen molar-refractivity contribution in [3.63, 3.8) is 0 Å². The molecule has 0 saturated carbocycles. The fraction of sp³-hybridized carbons (Fsp3) is 0.200. The van der Waals surface area contributed by atoms with Crippen LogP contribution in [0.1, 0.15) is 5.82 Å². The number of rotatable bonds is 3. The molecule has 0 fully saturated rings. The number of aromatic nitrogens is 2. The highest BCUT2D eigenvalue weighted by Crippen LogP contribution is 2.32. The number of aromatic hydroxyl groups is 1. The molecule has 0 bridgehead atoms.